The maximum atomic E-state index is 12.3. The number of aromatic nitrogens is 1. The van der Waals surface area contributed by atoms with E-state index in [0.29, 0.717) is 27.2 Å². The largest absolute Gasteiger partial charge is 0.309 e. The Hall–Kier alpha value is -0.940. The highest BCUT2D eigenvalue weighted by atomic mass is 35.5. The molecule has 21 heavy (non-hydrogen) atoms. The molecule has 0 aliphatic rings. The molecule has 0 fully saturated rings. The van der Waals surface area contributed by atoms with Crippen LogP contribution in [0.25, 0.3) is 0 Å². The van der Waals surface area contributed by atoms with E-state index in [1.54, 1.807) is 30.6 Å². The number of nitrogens with zero attached hydrogens (tertiary/aromatic N) is 1. The second-order valence-corrected chi connectivity index (χ2v) is 6.96. The Morgan fingerprint density at radius 1 is 1.24 bits per heavy atom. The molecule has 112 valence electrons. The summed E-state index contributed by atoms with van der Waals surface area (Å²) in [4.78, 5) is 4.58. The van der Waals surface area contributed by atoms with Crippen LogP contribution in [-0.2, 0) is 10.8 Å². The Labute approximate surface area is 137 Å². The molecule has 0 aliphatic heterocycles. The zero-order valence-electron chi connectivity index (χ0n) is 11.6. The summed E-state index contributed by atoms with van der Waals surface area (Å²) < 4.78 is 12.3. The number of nitrogens with one attached hydrogen (secondary N) is 1. The van der Waals surface area contributed by atoms with Crippen molar-refractivity contribution in [2.75, 3.05) is 12.3 Å². The number of benzene rings is 1. The van der Waals surface area contributed by atoms with Gasteiger partial charge in [0.15, 0.2) is 0 Å². The molecular formula is C15H16Cl2N2OS. The molecule has 0 aliphatic carbocycles. The van der Waals surface area contributed by atoms with Gasteiger partial charge in [0.1, 0.15) is 0 Å². The summed E-state index contributed by atoms with van der Waals surface area (Å²) in [6.45, 7) is 2.68. The van der Waals surface area contributed by atoms with Crippen LogP contribution in [0, 0.1) is 0 Å². The second kappa shape index (κ2) is 7.90. The van der Waals surface area contributed by atoms with Gasteiger partial charge in [-0.1, -0.05) is 23.2 Å². The van der Waals surface area contributed by atoms with Gasteiger partial charge in [-0.3, -0.25) is 9.19 Å². The average molecular weight is 343 g/mol. The monoisotopic (exact) mass is 342 g/mol. The molecule has 3 nitrogen and oxygen atoms in total. The first-order valence-corrected chi connectivity index (χ1v) is 8.62. The summed E-state index contributed by atoms with van der Waals surface area (Å²) in [6.07, 6.45) is 3.52. The second-order valence-electron chi connectivity index (χ2n) is 4.58. The molecule has 2 aromatic rings. The Kier molecular flexibility index (Phi) is 6.18. The topological polar surface area (TPSA) is 42.0 Å². The van der Waals surface area contributed by atoms with Crippen molar-refractivity contribution in [3.05, 3.63) is 58.3 Å². The van der Waals surface area contributed by atoms with Gasteiger partial charge in [-0.15, -0.1) is 0 Å². The molecule has 0 radical (unpaired) electrons. The number of rotatable bonds is 6. The maximum Gasteiger partial charge on any atom is 0.0589 e. The first-order chi connectivity index (χ1) is 10.1. The lowest BCUT2D eigenvalue weighted by atomic mass is 10.1. The van der Waals surface area contributed by atoms with E-state index < -0.39 is 10.8 Å². The summed E-state index contributed by atoms with van der Waals surface area (Å²) in [5.41, 5.74) is 1.15. The smallest absolute Gasteiger partial charge is 0.0589 e. The fraction of sp³-hybridized carbons (Fsp3) is 0.267. The number of hydrogen-bond donors (Lipinski definition) is 1. The van der Waals surface area contributed by atoms with Gasteiger partial charge in [-0.25, -0.2) is 0 Å². The number of hydrogen-bond acceptors (Lipinski definition) is 3. The summed E-state index contributed by atoms with van der Waals surface area (Å²) in [7, 11) is -1.17. The average Bonchev–Trinajstić information content (AvgIpc) is 2.50. The highest BCUT2D eigenvalue weighted by molar-refractivity contribution is 7.85. The van der Waals surface area contributed by atoms with Gasteiger partial charge < -0.3 is 5.32 Å². The third kappa shape index (κ3) is 4.78. The van der Waals surface area contributed by atoms with Crippen LogP contribution in [0.2, 0.25) is 10.0 Å². The molecule has 0 amide bonds. The van der Waals surface area contributed by atoms with Crippen molar-refractivity contribution in [2.45, 2.75) is 17.9 Å². The van der Waals surface area contributed by atoms with Crippen LogP contribution in [0.5, 0.6) is 0 Å². The van der Waals surface area contributed by atoms with Crippen LogP contribution in [0.1, 0.15) is 18.5 Å². The van der Waals surface area contributed by atoms with Gasteiger partial charge >= 0.3 is 0 Å². The standard InChI is InChI=1S/C15H16Cl2N2OS/c1-11(12-4-6-18-7-5-12)19-8-9-21(20)15-10-13(16)2-3-14(15)17/h2-7,10-11,19H,8-9H2,1H3/t11-,21+/m1/s1. The molecule has 0 saturated heterocycles. The summed E-state index contributed by atoms with van der Waals surface area (Å²) in [5.74, 6) is 0.482. The first-order valence-electron chi connectivity index (χ1n) is 6.54. The van der Waals surface area contributed by atoms with E-state index in [4.69, 9.17) is 23.2 Å². The highest BCUT2D eigenvalue weighted by Crippen LogP contribution is 2.23. The summed E-state index contributed by atoms with van der Waals surface area (Å²) in [5, 5.41) is 4.37. The van der Waals surface area contributed by atoms with Crippen LogP contribution in [0.15, 0.2) is 47.6 Å². The Morgan fingerprint density at radius 2 is 1.95 bits per heavy atom. The molecule has 1 N–H and O–H groups in total. The van der Waals surface area contributed by atoms with Crippen LogP contribution in [0.3, 0.4) is 0 Å². The lowest BCUT2D eigenvalue weighted by molar-refractivity contribution is 0.596. The quantitative estimate of drug-likeness (QED) is 0.866. The molecule has 0 saturated carbocycles. The van der Waals surface area contributed by atoms with Gasteiger partial charge in [0, 0.05) is 35.8 Å². The molecule has 2 atom stereocenters. The normalized spacial score (nSPS) is 13.9. The van der Waals surface area contributed by atoms with Crippen LogP contribution < -0.4 is 5.32 Å². The van der Waals surface area contributed by atoms with E-state index in [1.807, 2.05) is 12.1 Å². The molecule has 0 unspecified atom stereocenters. The summed E-state index contributed by atoms with van der Waals surface area (Å²) >= 11 is 12.0. The predicted molar refractivity (Wildman–Crippen MR) is 88.4 cm³/mol. The van der Waals surface area contributed by atoms with Gasteiger partial charge in [0.2, 0.25) is 0 Å². The maximum absolute atomic E-state index is 12.3. The van der Waals surface area contributed by atoms with Crippen LogP contribution in [0.4, 0.5) is 0 Å². The minimum absolute atomic E-state index is 0.180. The Morgan fingerprint density at radius 3 is 2.67 bits per heavy atom. The number of pyridine rings is 1. The van der Waals surface area contributed by atoms with Crippen molar-refractivity contribution in [3.63, 3.8) is 0 Å². The van der Waals surface area contributed by atoms with Crippen LogP contribution in [-0.4, -0.2) is 21.5 Å². The molecule has 2 rings (SSSR count). The van der Waals surface area contributed by atoms with Crippen molar-refractivity contribution in [3.8, 4) is 0 Å². The fourth-order valence-electron chi connectivity index (χ4n) is 1.90. The zero-order valence-corrected chi connectivity index (χ0v) is 13.9. The zero-order chi connectivity index (χ0) is 15.2. The third-order valence-corrected chi connectivity index (χ3v) is 5.16. The third-order valence-electron chi connectivity index (χ3n) is 3.08. The molecule has 1 aromatic heterocycles. The van der Waals surface area contributed by atoms with E-state index in [-0.39, 0.29) is 6.04 Å². The van der Waals surface area contributed by atoms with E-state index in [0.717, 1.165) is 5.56 Å². The predicted octanol–water partition coefficient (Wildman–Crippen LogP) is 3.85. The van der Waals surface area contributed by atoms with Gasteiger partial charge in [-0.05, 0) is 42.8 Å². The van der Waals surface area contributed by atoms with Crippen molar-refractivity contribution in [1.29, 1.82) is 0 Å². The summed E-state index contributed by atoms with van der Waals surface area (Å²) in [6, 6.07) is 9.12. The molecule has 0 bridgehead atoms. The van der Waals surface area contributed by atoms with E-state index in [9.17, 15) is 4.21 Å². The Balaban J connectivity index is 1.88. The van der Waals surface area contributed by atoms with E-state index in [2.05, 4.69) is 17.2 Å². The van der Waals surface area contributed by atoms with Crippen LogP contribution >= 0.6 is 23.2 Å². The molecular weight excluding hydrogens is 327 g/mol. The highest BCUT2D eigenvalue weighted by Gasteiger charge is 2.10. The Bertz CT molecular complexity index is 622. The fourth-order valence-corrected chi connectivity index (χ4v) is 3.58. The SMILES string of the molecule is C[C@@H](NCC[S@](=O)c1cc(Cl)ccc1Cl)c1ccncc1. The molecule has 6 heteroatoms. The molecule has 1 aromatic carbocycles. The van der Waals surface area contributed by atoms with Crippen molar-refractivity contribution in [1.82, 2.24) is 10.3 Å². The van der Waals surface area contributed by atoms with Crippen molar-refractivity contribution < 1.29 is 4.21 Å². The minimum atomic E-state index is -1.17. The van der Waals surface area contributed by atoms with E-state index in [1.165, 1.54) is 0 Å². The molecule has 0 spiro atoms. The van der Waals surface area contributed by atoms with Gasteiger partial charge in [-0.2, -0.15) is 0 Å². The van der Waals surface area contributed by atoms with E-state index >= 15 is 0 Å². The number of halogens is 2. The lowest BCUT2D eigenvalue weighted by Gasteiger charge is -2.14. The molecule has 1 heterocycles. The lowest BCUT2D eigenvalue weighted by Crippen LogP contribution is -2.24. The van der Waals surface area contributed by atoms with Crippen molar-refractivity contribution in [2.24, 2.45) is 0 Å². The minimum Gasteiger partial charge on any atom is -0.309 e. The van der Waals surface area contributed by atoms with Gasteiger partial charge in [0.05, 0.1) is 20.7 Å². The van der Waals surface area contributed by atoms with Gasteiger partial charge in [0.25, 0.3) is 0 Å². The van der Waals surface area contributed by atoms with Crippen molar-refractivity contribution >= 4 is 34.0 Å². The first kappa shape index (κ1) is 16.4.